The Morgan fingerprint density at radius 2 is 2.12 bits per heavy atom. The number of nitrogen functional groups attached to an aromatic ring is 1. The van der Waals surface area contributed by atoms with Gasteiger partial charge < -0.3 is 30.9 Å². The van der Waals surface area contributed by atoms with Crippen molar-refractivity contribution in [2.45, 2.75) is 37.4 Å². The molecule has 3 aromatic heterocycles. The van der Waals surface area contributed by atoms with E-state index < -0.39 is 40.8 Å². The predicted molar refractivity (Wildman–Crippen MR) is 145 cm³/mol. The first-order chi connectivity index (χ1) is 19.0. The second kappa shape index (κ2) is 10.5. The molecule has 2 aliphatic rings. The number of aliphatic carboxylic acids is 2. The molecule has 2 aliphatic heterocycles. The van der Waals surface area contributed by atoms with Gasteiger partial charge in [0.25, 0.3) is 11.8 Å². The lowest BCUT2D eigenvalue weighted by atomic mass is 10.0. The van der Waals surface area contributed by atoms with E-state index in [0.29, 0.717) is 5.57 Å². The zero-order valence-corrected chi connectivity index (χ0v) is 23.5. The van der Waals surface area contributed by atoms with Crippen molar-refractivity contribution in [3.8, 4) is 0 Å². The quantitative estimate of drug-likeness (QED) is 0.129. The fourth-order valence-electron chi connectivity index (χ4n) is 4.08. The first-order valence-corrected chi connectivity index (χ1v) is 14.5. The molecule has 0 spiro atoms. The Hall–Kier alpha value is -4.02. The number of thiazole rings is 1. The molecular formula is C24H22N6O7S3. The van der Waals surface area contributed by atoms with Crippen LogP contribution >= 0.6 is 34.4 Å². The van der Waals surface area contributed by atoms with E-state index in [2.05, 4.69) is 15.5 Å². The van der Waals surface area contributed by atoms with Crippen molar-refractivity contribution in [1.82, 2.24) is 15.2 Å². The van der Waals surface area contributed by atoms with Gasteiger partial charge in [-0.05, 0) is 25.3 Å². The van der Waals surface area contributed by atoms with Crippen LogP contribution in [0.1, 0.15) is 19.5 Å². The van der Waals surface area contributed by atoms with Crippen molar-refractivity contribution in [3.63, 3.8) is 0 Å². The largest absolute Gasteiger partial charge is 0.543 e. The van der Waals surface area contributed by atoms with Crippen LogP contribution in [0, 0.1) is 0 Å². The number of nitrogens with zero attached hydrogens (tertiary/aromatic N) is 4. The van der Waals surface area contributed by atoms with Gasteiger partial charge in [0.05, 0.1) is 17.1 Å². The van der Waals surface area contributed by atoms with Crippen LogP contribution in [0.5, 0.6) is 0 Å². The zero-order valence-electron chi connectivity index (χ0n) is 21.0. The monoisotopic (exact) mass is 602 g/mol. The number of rotatable bonds is 9. The number of hydrogen-bond acceptors (Lipinski definition) is 12. The number of carbonyl (C=O) groups is 4. The lowest BCUT2D eigenvalue weighted by Gasteiger charge is -2.50. The highest BCUT2D eigenvalue weighted by molar-refractivity contribution is 8.00. The highest BCUT2D eigenvalue weighted by Crippen LogP contribution is 2.40. The van der Waals surface area contributed by atoms with Crippen molar-refractivity contribution in [2.24, 2.45) is 5.16 Å². The molecule has 5 heterocycles. The third-order valence-corrected chi connectivity index (χ3v) is 9.12. The number of aromatic nitrogens is 2. The number of β-lactam (4-membered cyclic amide) rings is 1. The molecule has 1 unspecified atom stereocenters. The Bertz CT molecular complexity index is 1610. The van der Waals surface area contributed by atoms with E-state index in [9.17, 15) is 29.4 Å². The lowest BCUT2D eigenvalue weighted by molar-refractivity contribution is -0.687. The standard InChI is InChI=1S/C24H22N6O7S3/c1-24(2,22(35)36)37-28-15(13-10-40-23(25)26-13)18(31)27-16-19(32)30-17(21(33)34)12(9-39-20(16)30)8-29-5-3-14-11(7-29)4-6-38-14/h3-7,10,16,20H,8-9H2,1-2H3,(H4-,25,26,27,31,33,34,35,36)/b28-15-/t16?,20-/m1/s1. The fourth-order valence-corrected chi connectivity index (χ4v) is 6.72. The van der Waals surface area contributed by atoms with E-state index in [0.717, 1.165) is 26.3 Å². The van der Waals surface area contributed by atoms with Gasteiger partial charge in [0.2, 0.25) is 5.60 Å². The van der Waals surface area contributed by atoms with Crippen molar-refractivity contribution in [1.29, 1.82) is 0 Å². The molecule has 13 nitrogen and oxygen atoms in total. The number of oxime groups is 1. The van der Waals surface area contributed by atoms with Gasteiger partial charge in [0, 0.05) is 27.5 Å². The normalized spacial score (nSPS) is 19.3. The molecule has 2 atom stereocenters. The minimum absolute atomic E-state index is 0.0262. The number of thioether (sulfide) groups is 1. The molecule has 0 aliphatic carbocycles. The minimum Gasteiger partial charge on any atom is -0.543 e. The molecular weight excluding hydrogens is 581 g/mol. The number of fused-ring (bicyclic) bond motifs is 2. The summed E-state index contributed by atoms with van der Waals surface area (Å²) in [4.78, 5) is 60.1. The predicted octanol–water partition coefficient (Wildman–Crippen LogP) is -0.0845. The van der Waals surface area contributed by atoms with Gasteiger partial charge in [-0.25, -0.2) is 14.3 Å². The molecule has 208 valence electrons. The Labute approximate surface area is 238 Å². The highest BCUT2D eigenvalue weighted by Gasteiger charge is 2.53. The van der Waals surface area contributed by atoms with E-state index in [4.69, 9.17) is 10.6 Å². The molecule has 1 fully saturated rings. The van der Waals surface area contributed by atoms with Crippen LogP contribution < -0.4 is 20.7 Å². The van der Waals surface area contributed by atoms with Crippen molar-refractivity contribution < 1.29 is 38.8 Å². The van der Waals surface area contributed by atoms with Gasteiger partial charge in [-0.2, -0.15) is 0 Å². The van der Waals surface area contributed by atoms with Crippen LogP contribution in [-0.2, 0) is 30.6 Å². The second-order valence-electron chi connectivity index (χ2n) is 9.38. The molecule has 2 amide bonds. The van der Waals surface area contributed by atoms with Crippen LogP contribution in [0.3, 0.4) is 0 Å². The third kappa shape index (κ3) is 5.12. The number of nitrogens with two attached hydrogens (primary N) is 1. The van der Waals surface area contributed by atoms with Gasteiger partial charge in [-0.15, -0.1) is 34.4 Å². The average molecular weight is 603 g/mol. The summed E-state index contributed by atoms with van der Waals surface area (Å²) in [6.45, 7) is 2.74. The number of carboxylic acids is 2. The van der Waals surface area contributed by atoms with Crippen LogP contribution in [0.4, 0.5) is 5.13 Å². The number of pyridine rings is 1. The third-order valence-electron chi connectivity index (χ3n) is 6.21. The number of hydrogen-bond donors (Lipinski definition) is 3. The summed E-state index contributed by atoms with van der Waals surface area (Å²) in [5.41, 5.74) is 3.85. The first kappa shape index (κ1) is 27.5. The topological polar surface area (TPSA) is 191 Å². The second-order valence-corrected chi connectivity index (χ2v) is 12.3. The van der Waals surface area contributed by atoms with Crippen molar-refractivity contribution in [3.05, 3.63) is 52.3 Å². The van der Waals surface area contributed by atoms with Gasteiger partial charge >= 0.3 is 5.97 Å². The number of nitrogens with one attached hydrogen (secondary N) is 1. The minimum atomic E-state index is -1.76. The SMILES string of the molecule is CC(C)(O/N=C(\C(=O)NC1C(=O)N2C(C(=O)[O-])=C(C[n+]3ccc4sccc4c3)CS[C@H]12)c1csc(N)n1)C(=O)O. The molecule has 16 heteroatoms. The van der Waals surface area contributed by atoms with Crippen LogP contribution in [0.15, 0.2) is 51.7 Å². The molecule has 0 bridgehead atoms. The maximum Gasteiger partial charge on any atom is 0.350 e. The summed E-state index contributed by atoms with van der Waals surface area (Å²) in [6.07, 6.45) is 3.75. The fraction of sp³-hybridized carbons (Fsp3) is 0.292. The van der Waals surface area contributed by atoms with E-state index in [-0.39, 0.29) is 34.5 Å². The smallest absolute Gasteiger partial charge is 0.350 e. The van der Waals surface area contributed by atoms with Crippen molar-refractivity contribution >= 4 is 79.1 Å². The summed E-state index contributed by atoms with van der Waals surface area (Å²) in [5, 5.41) is 31.6. The molecule has 3 aromatic rings. The zero-order chi connectivity index (χ0) is 28.8. The number of thiophene rings is 1. The molecule has 5 rings (SSSR count). The summed E-state index contributed by atoms with van der Waals surface area (Å²) in [6, 6.07) is 2.83. The Balaban J connectivity index is 1.36. The average Bonchev–Trinajstić information content (AvgIpc) is 3.55. The highest BCUT2D eigenvalue weighted by atomic mass is 32.2. The van der Waals surface area contributed by atoms with Crippen LogP contribution in [0.2, 0.25) is 0 Å². The van der Waals surface area contributed by atoms with E-state index in [1.807, 2.05) is 34.5 Å². The number of anilines is 1. The molecule has 1 saturated heterocycles. The molecule has 4 N–H and O–H groups in total. The van der Waals surface area contributed by atoms with Crippen LogP contribution in [-0.4, -0.2) is 67.2 Å². The number of carboxylic acid groups (broad SMARTS) is 2. The van der Waals surface area contributed by atoms with Crippen LogP contribution in [0.25, 0.3) is 10.1 Å². The van der Waals surface area contributed by atoms with E-state index in [1.54, 1.807) is 11.3 Å². The Morgan fingerprint density at radius 1 is 1.35 bits per heavy atom. The van der Waals surface area contributed by atoms with Crippen molar-refractivity contribution in [2.75, 3.05) is 11.5 Å². The van der Waals surface area contributed by atoms with E-state index in [1.165, 1.54) is 31.0 Å². The molecule has 40 heavy (non-hydrogen) atoms. The molecule has 0 saturated carbocycles. The van der Waals surface area contributed by atoms with E-state index >= 15 is 0 Å². The van der Waals surface area contributed by atoms with Gasteiger partial charge in [-0.1, -0.05) is 5.16 Å². The Kier molecular flexibility index (Phi) is 7.24. The first-order valence-electron chi connectivity index (χ1n) is 11.7. The number of carbonyl (C=O) groups excluding carboxylic acids is 3. The molecule has 0 aromatic carbocycles. The summed E-state index contributed by atoms with van der Waals surface area (Å²) in [5.74, 6) is -4.01. The summed E-state index contributed by atoms with van der Waals surface area (Å²) >= 11 is 3.93. The summed E-state index contributed by atoms with van der Waals surface area (Å²) in [7, 11) is 0. The van der Waals surface area contributed by atoms with Gasteiger partial charge in [-0.3, -0.25) is 14.5 Å². The van der Waals surface area contributed by atoms with Gasteiger partial charge in [0.15, 0.2) is 29.8 Å². The molecule has 0 radical (unpaired) electrons. The maximum atomic E-state index is 13.2. The Morgan fingerprint density at radius 3 is 2.80 bits per heavy atom. The number of amides is 2. The maximum absolute atomic E-state index is 13.2. The van der Waals surface area contributed by atoms with Gasteiger partial charge in [0.1, 0.15) is 17.1 Å². The lowest BCUT2D eigenvalue weighted by Crippen LogP contribution is -2.71. The summed E-state index contributed by atoms with van der Waals surface area (Å²) < 4.78 is 2.94.